The van der Waals surface area contributed by atoms with E-state index in [0.717, 1.165) is 25.9 Å². The van der Waals surface area contributed by atoms with E-state index in [4.69, 9.17) is 13.6 Å². The van der Waals surface area contributed by atoms with Gasteiger partial charge in [-0.05, 0) is 63.2 Å². The zero-order valence-corrected chi connectivity index (χ0v) is 18.1. The molecule has 1 aromatic heterocycles. The van der Waals surface area contributed by atoms with Crippen molar-refractivity contribution in [3.05, 3.63) is 46.9 Å². The highest BCUT2D eigenvalue weighted by atomic mass is 79.9. The first-order chi connectivity index (χ1) is 15.7. The van der Waals surface area contributed by atoms with Crippen LogP contribution in [0.25, 0.3) is 10.9 Å². The number of aromatic nitrogens is 2. The lowest BCUT2D eigenvalue weighted by molar-refractivity contribution is 0.157. The summed E-state index contributed by atoms with van der Waals surface area (Å²) in [6, 6.07) is 7.77. The summed E-state index contributed by atoms with van der Waals surface area (Å²) in [7, 11) is -0.575. The number of piperidine rings is 1. The number of rotatable bonds is 6. The van der Waals surface area contributed by atoms with Crippen molar-refractivity contribution in [2.75, 3.05) is 39.1 Å². The van der Waals surface area contributed by atoms with Crippen molar-refractivity contribution in [1.82, 2.24) is 14.9 Å². The number of ether oxygens (including phenoxy) is 2. The molecule has 0 spiro atoms. The molecule has 158 valence electrons. The van der Waals surface area contributed by atoms with Gasteiger partial charge in [0.1, 0.15) is 18.0 Å². The molecule has 1 N–H and O–H groups in total. The highest BCUT2D eigenvalue weighted by molar-refractivity contribution is 9.10. The number of nitrogens with one attached hydrogen (secondary N) is 1. The van der Waals surface area contributed by atoms with E-state index in [2.05, 4.69) is 43.2 Å². The molecule has 0 amide bonds. The van der Waals surface area contributed by atoms with Crippen molar-refractivity contribution in [1.29, 1.82) is 0 Å². The SMILES string of the molecule is [2H]C([2H])([2H])Oc1cc2c(Nc3ccc(Br)cc3F)ncnc2cc1OCC1CCN(C)CC1. The summed E-state index contributed by atoms with van der Waals surface area (Å²) in [5, 5.41) is 3.43. The van der Waals surface area contributed by atoms with Gasteiger partial charge < -0.3 is 19.7 Å². The van der Waals surface area contributed by atoms with Gasteiger partial charge in [-0.25, -0.2) is 14.4 Å². The van der Waals surface area contributed by atoms with Crippen molar-refractivity contribution < 1.29 is 18.0 Å². The Bertz CT molecular complexity index is 1140. The molecule has 0 aliphatic carbocycles. The molecule has 4 rings (SSSR count). The number of fused-ring (bicyclic) bond motifs is 1. The van der Waals surface area contributed by atoms with Crippen molar-refractivity contribution in [2.45, 2.75) is 12.8 Å². The summed E-state index contributed by atoms with van der Waals surface area (Å²) in [6.45, 7) is 2.45. The van der Waals surface area contributed by atoms with E-state index in [9.17, 15) is 4.39 Å². The molecule has 0 bridgehead atoms. The van der Waals surface area contributed by atoms with Gasteiger partial charge >= 0.3 is 0 Å². The minimum absolute atomic E-state index is 0.0598. The lowest BCUT2D eigenvalue weighted by Crippen LogP contribution is -2.32. The lowest BCUT2D eigenvalue weighted by Gasteiger charge is -2.28. The Morgan fingerprint density at radius 1 is 1.23 bits per heavy atom. The summed E-state index contributed by atoms with van der Waals surface area (Å²) < 4.78 is 48.9. The number of likely N-dealkylation sites (tertiary alicyclic amines) is 1. The van der Waals surface area contributed by atoms with Crippen LogP contribution < -0.4 is 14.8 Å². The maximum Gasteiger partial charge on any atom is 0.163 e. The molecule has 1 aliphatic rings. The van der Waals surface area contributed by atoms with Gasteiger partial charge in [-0.15, -0.1) is 0 Å². The summed E-state index contributed by atoms with van der Waals surface area (Å²) in [6.07, 6.45) is 3.37. The Kier molecular flexibility index (Phi) is 5.26. The third-order valence-corrected chi connectivity index (χ3v) is 5.80. The first-order valence-corrected chi connectivity index (χ1v) is 10.5. The van der Waals surface area contributed by atoms with E-state index in [-0.39, 0.29) is 11.4 Å². The number of hydrogen-bond acceptors (Lipinski definition) is 6. The van der Waals surface area contributed by atoms with Crippen molar-refractivity contribution >= 4 is 38.3 Å². The van der Waals surface area contributed by atoms with Crippen molar-refractivity contribution in [2.24, 2.45) is 5.92 Å². The fourth-order valence-electron chi connectivity index (χ4n) is 3.51. The molecule has 0 saturated carbocycles. The normalized spacial score (nSPS) is 17.2. The van der Waals surface area contributed by atoms with Gasteiger partial charge in [0.25, 0.3) is 0 Å². The smallest absolute Gasteiger partial charge is 0.163 e. The van der Waals surface area contributed by atoms with E-state index >= 15 is 0 Å². The number of nitrogens with zero attached hydrogens (tertiary/aromatic N) is 3. The largest absolute Gasteiger partial charge is 0.493 e. The van der Waals surface area contributed by atoms with Crippen LogP contribution in [0, 0.1) is 11.7 Å². The second-order valence-electron chi connectivity index (χ2n) is 7.45. The Hall–Kier alpha value is -2.45. The molecular weight excluding hydrogens is 451 g/mol. The standard InChI is InChI=1S/C22H24BrFN4O2/c1-28-7-5-14(6-8-28)12-30-21-11-19-16(10-20(21)29-2)22(26-13-25-19)27-18-4-3-15(23)9-17(18)24/h3-4,9-11,13-14H,5-8,12H2,1-2H3,(H,25,26,27)/i2D3. The maximum absolute atomic E-state index is 14.3. The molecule has 2 aromatic carbocycles. The van der Waals surface area contributed by atoms with Crippen molar-refractivity contribution in [3.8, 4) is 11.5 Å². The monoisotopic (exact) mass is 477 g/mol. The van der Waals surface area contributed by atoms with E-state index in [1.54, 1.807) is 18.2 Å². The highest BCUT2D eigenvalue weighted by Gasteiger charge is 2.19. The minimum Gasteiger partial charge on any atom is -0.493 e. The van der Waals surface area contributed by atoms with E-state index in [1.165, 1.54) is 18.5 Å². The van der Waals surface area contributed by atoms with Gasteiger partial charge in [0.05, 0.1) is 29.0 Å². The number of methoxy groups -OCH3 is 1. The van der Waals surface area contributed by atoms with Crippen LogP contribution in [0.1, 0.15) is 17.0 Å². The highest BCUT2D eigenvalue weighted by Crippen LogP contribution is 2.35. The quantitative estimate of drug-likeness (QED) is 0.538. The van der Waals surface area contributed by atoms with Gasteiger partial charge in [0.15, 0.2) is 11.5 Å². The van der Waals surface area contributed by atoms with Gasteiger partial charge in [-0.3, -0.25) is 0 Å². The molecule has 0 radical (unpaired) electrons. The summed E-state index contributed by atoms with van der Waals surface area (Å²) in [4.78, 5) is 10.8. The molecule has 0 unspecified atom stereocenters. The first-order valence-electron chi connectivity index (χ1n) is 11.2. The van der Waals surface area contributed by atoms with Gasteiger partial charge in [0, 0.05) is 15.9 Å². The Balaban J connectivity index is 1.65. The molecule has 0 atom stereocenters. The first kappa shape index (κ1) is 17.3. The predicted molar refractivity (Wildman–Crippen MR) is 119 cm³/mol. The Labute approximate surface area is 187 Å². The second kappa shape index (κ2) is 9.14. The van der Waals surface area contributed by atoms with Crippen molar-refractivity contribution in [3.63, 3.8) is 0 Å². The van der Waals surface area contributed by atoms with E-state index in [1.807, 2.05) is 0 Å². The minimum atomic E-state index is -2.67. The molecule has 3 aromatic rings. The van der Waals surface area contributed by atoms with E-state index < -0.39 is 12.9 Å². The number of hydrogen-bond donors (Lipinski definition) is 1. The third kappa shape index (κ3) is 4.65. The molecule has 30 heavy (non-hydrogen) atoms. The number of benzene rings is 2. The van der Waals surface area contributed by atoms with Crippen LogP contribution in [0.2, 0.25) is 0 Å². The molecule has 6 nitrogen and oxygen atoms in total. The van der Waals surface area contributed by atoms with Gasteiger partial charge in [-0.2, -0.15) is 0 Å². The zero-order valence-electron chi connectivity index (χ0n) is 19.5. The van der Waals surface area contributed by atoms with Crippen LogP contribution in [-0.4, -0.2) is 48.6 Å². The van der Waals surface area contributed by atoms with Crippen LogP contribution in [0.3, 0.4) is 0 Å². The molecule has 1 aliphatic heterocycles. The van der Waals surface area contributed by atoms with Crippen LogP contribution in [0.15, 0.2) is 41.1 Å². The molecule has 1 saturated heterocycles. The molecule has 1 fully saturated rings. The molecular formula is C22H24BrFN4O2. The summed E-state index contributed by atoms with van der Waals surface area (Å²) in [5.74, 6) is 0.591. The number of anilines is 2. The predicted octanol–water partition coefficient (Wildman–Crippen LogP) is 5.00. The second-order valence-corrected chi connectivity index (χ2v) is 8.36. The van der Waals surface area contributed by atoms with Gasteiger partial charge in [-0.1, -0.05) is 15.9 Å². The third-order valence-electron chi connectivity index (χ3n) is 5.31. The zero-order chi connectivity index (χ0) is 23.6. The van der Waals surface area contributed by atoms with Crippen LogP contribution in [0.4, 0.5) is 15.9 Å². The average molecular weight is 478 g/mol. The van der Waals surface area contributed by atoms with Gasteiger partial charge in [0.2, 0.25) is 0 Å². The average Bonchev–Trinajstić information content (AvgIpc) is 2.74. The van der Waals surface area contributed by atoms with Crippen LogP contribution in [-0.2, 0) is 0 Å². The molecule has 2 heterocycles. The fraction of sp³-hybridized carbons (Fsp3) is 0.364. The molecule has 8 heteroatoms. The topological polar surface area (TPSA) is 59.5 Å². The summed E-state index contributed by atoms with van der Waals surface area (Å²) >= 11 is 3.23. The maximum atomic E-state index is 14.3. The van der Waals surface area contributed by atoms with Crippen LogP contribution >= 0.6 is 15.9 Å². The Morgan fingerprint density at radius 2 is 2.07 bits per heavy atom. The lowest BCUT2D eigenvalue weighted by atomic mass is 9.98. The Morgan fingerprint density at radius 3 is 2.83 bits per heavy atom. The number of halogens is 2. The summed E-state index contributed by atoms with van der Waals surface area (Å²) in [5.41, 5.74) is 0.736. The van der Waals surface area contributed by atoms with E-state index in [0.29, 0.717) is 39.5 Å². The van der Waals surface area contributed by atoms with Crippen LogP contribution in [0.5, 0.6) is 11.5 Å². The fourth-order valence-corrected chi connectivity index (χ4v) is 3.84.